The molecule has 52 heavy (non-hydrogen) atoms. The predicted octanol–water partition coefficient (Wildman–Crippen LogP) is 13.4. The first-order chi connectivity index (χ1) is 25.8. The van der Waals surface area contributed by atoms with Gasteiger partial charge in [0.2, 0.25) is 0 Å². The lowest BCUT2D eigenvalue weighted by Crippen LogP contribution is -2.52. The summed E-state index contributed by atoms with van der Waals surface area (Å²) >= 11 is 0. The van der Waals surface area contributed by atoms with E-state index in [1.54, 1.807) is 22.5 Å². The van der Waals surface area contributed by atoms with E-state index in [1.807, 2.05) is 16.7 Å². The monoisotopic (exact) mass is 701 g/mol. The van der Waals surface area contributed by atoms with E-state index in [0.29, 0.717) is 12.1 Å². The van der Waals surface area contributed by atoms with E-state index in [2.05, 4.69) is 40.2 Å². The van der Waals surface area contributed by atoms with Crippen molar-refractivity contribution in [3.63, 3.8) is 0 Å². The molecule has 0 N–H and O–H groups in total. The molecule has 10 aliphatic rings. The van der Waals surface area contributed by atoms with Crippen molar-refractivity contribution in [3.8, 4) is 0 Å². The number of fused-ring (bicyclic) bond motifs is 5. The van der Waals surface area contributed by atoms with Gasteiger partial charge in [0.15, 0.2) is 0 Å². The molecule has 2 nitrogen and oxygen atoms in total. The zero-order valence-corrected chi connectivity index (χ0v) is 33.0. The quantitative estimate of drug-likeness (QED) is 0.255. The summed E-state index contributed by atoms with van der Waals surface area (Å²) in [6.07, 6.45) is 54.9. The lowest BCUT2D eigenvalue weighted by atomic mass is 9.68. The molecule has 2 heteroatoms. The Morgan fingerprint density at radius 3 is 2.08 bits per heavy atom. The van der Waals surface area contributed by atoms with Crippen molar-refractivity contribution < 1.29 is 0 Å². The molecule has 0 radical (unpaired) electrons. The van der Waals surface area contributed by atoms with Crippen molar-refractivity contribution in [3.05, 3.63) is 69.6 Å². The van der Waals surface area contributed by atoms with Gasteiger partial charge in [-0.05, 0) is 174 Å². The van der Waals surface area contributed by atoms with Gasteiger partial charge in [0.05, 0.1) is 12.1 Å². The van der Waals surface area contributed by atoms with Gasteiger partial charge in [0.25, 0.3) is 0 Å². The van der Waals surface area contributed by atoms with Gasteiger partial charge >= 0.3 is 0 Å². The highest BCUT2D eigenvalue weighted by molar-refractivity contribution is 5.49. The topological polar surface area (TPSA) is 6.48 Å². The Kier molecular flexibility index (Phi) is 10.2. The van der Waals surface area contributed by atoms with Crippen LogP contribution in [0.1, 0.15) is 186 Å². The Morgan fingerprint density at radius 1 is 0.558 bits per heavy atom. The Hall–Kier alpha value is -1.96. The zero-order chi connectivity index (χ0) is 34.4. The predicted molar refractivity (Wildman–Crippen MR) is 218 cm³/mol. The first-order valence-corrected chi connectivity index (χ1v) is 23.6. The minimum absolute atomic E-state index is 0.643. The summed E-state index contributed by atoms with van der Waals surface area (Å²) in [5.41, 5.74) is 12.7. The zero-order valence-electron chi connectivity index (χ0n) is 33.0. The van der Waals surface area contributed by atoms with E-state index in [9.17, 15) is 0 Å². The Labute approximate surface area is 318 Å². The van der Waals surface area contributed by atoms with Crippen LogP contribution in [0, 0.1) is 29.6 Å². The molecule has 0 aromatic rings. The molecule has 4 saturated carbocycles. The number of likely N-dealkylation sites (tertiary alicyclic amines) is 1. The summed E-state index contributed by atoms with van der Waals surface area (Å²) in [7, 11) is 0. The minimum atomic E-state index is 0.643. The van der Waals surface area contributed by atoms with Crippen LogP contribution in [-0.2, 0) is 0 Å². The molecule has 0 spiro atoms. The molecule has 1 heterocycles. The smallest absolute Gasteiger partial charge is 0.0578 e. The molecule has 10 rings (SSSR count). The number of nitrogens with zero attached hydrogens (tertiary/aromatic N) is 2. The van der Waals surface area contributed by atoms with Crippen LogP contribution in [0.3, 0.4) is 0 Å². The molecule has 282 valence electrons. The van der Waals surface area contributed by atoms with Crippen molar-refractivity contribution in [2.45, 2.75) is 210 Å². The highest BCUT2D eigenvalue weighted by Gasteiger charge is 2.52. The fourth-order valence-corrected chi connectivity index (χ4v) is 14.5. The van der Waals surface area contributed by atoms with Gasteiger partial charge in [-0.15, -0.1) is 0 Å². The molecule has 2 unspecified atom stereocenters. The van der Waals surface area contributed by atoms with Crippen LogP contribution in [0.4, 0.5) is 0 Å². The summed E-state index contributed by atoms with van der Waals surface area (Å²) in [5, 5.41) is 0. The molecule has 0 aromatic heterocycles. The average Bonchev–Trinajstić information content (AvgIpc) is 3.56. The molecule has 0 aromatic carbocycles. The minimum Gasteiger partial charge on any atom is -0.365 e. The first kappa shape index (κ1) is 34.5. The summed E-state index contributed by atoms with van der Waals surface area (Å²) in [6.45, 7) is 0. The lowest BCUT2D eigenvalue weighted by Gasteiger charge is -2.52. The van der Waals surface area contributed by atoms with Gasteiger partial charge in [-0.3, -0.25) is 0 Å². The van der Waals surface area contributed by atoms with Crippen molar-refractivity contribution in [2.75, 3.05) is 0 Å². The Morgan fingerprint density at radius 2 is 1.27 bits per heavy atom. The molecular formula is C50H72N2. The van der Waals surface area contributed by atoms with E-state index in [0.717, 1.165) is 41.7 Å². The molecule has 5 atom stereocenters. The van der Waals surface area contributed by atoms with E-state index in [4.69, 9.17) is 0 Å². The average molecular weight is 701 g/mol. The van der Waals surface area contributed by atoms with Crippen LogP contribution in [0.25, 0.3) is 0 Å². The molecule has 1 aliphatic heterocycles. The Balaban J connectivity index is 0.975. The summed E-state index contributed by atoms with van der Waals surface area (Å²) in [4.78, 5) is 6.32. The van der Waals surface area contributed by atoms with Crippen LogP contribution >= 0.6 is 0 Å². The largest absolute Gasteiger partial charge is 0.365 e. The van der Waals surface area contributed by atoms with Gasteiger partial charge < -0.3 is 9.80 Å². The van der Waals surface area contributed by atoms with Crippen molar-refractivity contribution in [1.82, 2.24) is 9.80 Å². The van der Waals surface area contributed by atoms with Crippen molar-refractivity contribution in [1.29, 1.82) is 0 Å². The summed E-state index contributed by atoms with van der Waals surface area (Å²) in [5.74, 6) is 4.39. The molecule has 0 amide bonds. The number of hydrogen-bond acceptors (Lipinski definition) is 2. The summed E-state index contributed by atoms with van der Waals surface area (Å²) in [6, 6.07) is 2.85. The highest BCUT2D eigenvalue weighted by Crippen LogP contribution is 2.56. The van der Waals surface area contributed by atoms with Crippen LogP contribution in [-0.4, -0.2) is 34.0 Å². The van der Waals surface area contributed by atoms with Crippen molar-refractivity contribution in [2.24, 2.45) is 29.6 Å². The van der Waals surface area contributed by atoms with Crippen LogP contribution in [0.15, 0.2) is 69.6 Å². The third-order valence-electron chi connectivity index (χ3n) is 17.0. The summed E-state index contributed by atoms with van der Waals surface area (Å²) < 4.78 is 0. The normalized spacial score (nSPS) is 37.4. The molecule has 0 bridgehead atoms. The Bertz CT molecular complexity index is 1500. The number of allylic oxidation sites excluding steroid dienone is 9. The van der Waals surface area contributed by atoms with E-state index in [1.165, 1.54) is 186 Å². The number of rotatable bonds is 6. The fraction of sp³-hybridized carbons (Fsp3) is 0.760. The van der Waals surface area contributed by atoms with Gasteiger partial charge in [-0.1, -0.05) is 93.7 Å². The number of hydrogen-bond donors (Lipinski definition) is 0. The molecule has 1 saturated heterocycles. The van der Waals surface area contributed by atoms with Crippen molar-refractivity contribution >= 4 is 0 Å². The van der Waals surface area contributed by atoms with Gasteiger partial charge in [0.1, 0.15) is 0 Å². The van der Waals surface area contributed by atoms with Crippen LogP contribution in [0.2, 0.25) is 0 Å². The second-order valence-electron chi connectivity index (χ2n) is 19.7. The SMILES string of the molecule is C1=C2C(=CCC1)N(C1CCCCC1)C1C3=C(CCCC3)[C@H](N(C3=CC[C@@H](C4=CC[C@H]5CCCCC5=C4)CC3)C3CCC(C4CCCCC4)CC3)CC21. The van der Waals surface area contributed by atoms with E-state index >= 15 is 0 Å². The molecular weight excluding hydrogens is 629 g/mol. The maximum atomic E-state index is 3.23. The molecule has 5 fully saturated rings. The van der Waals surface area contributed by atoms with Crippen LogP contribution < -0.4 is 0 Å². The standard InChI is InChI=1S/C50H72N2/c1-3-13-35(14-4-1)37-25-29-42(30-26-37)51(43-31-27-38(28-32-43)40-24-23-36-15-7-8-16-39(36)33-40)49-34-47-45-20-11-12-22-48(45)52(41-17-5-2-6-18-41)50(47)46-21-10-9-19-44(46)49/h20,22,24,31,33,35-38,41-42,47,49-50H,1-19,21,23,25-30,32,34H2/t36-,37?,38-,42?,47?,49-,50?/m1/s1. The second kappa shape index (κ2) is 15.3. The van der Waals surface area contributed by atoms with Crippen LogP contribution in [0.5, 0.6) is 0 Å². The maximum absolute atomic E-state index is 3.23. The maximum Gasteiger partial charge on any atom is 0.0578 e. The molecule has 9 aliphatic carbocycles. The highest BCUT2D eigenvalue weighted by atomic mass is 15.3. The second-order valence-corrected chi connectivity index (χ2v) is 19.7. The third kappa shape index (κ3) is 6.48. The lowest BCUT2D eigenvalue weighted by molar-refractivity contribution is 0.0824. The van der Waals surface area contributed by atoms with E-state index < -0.39 is 0 Å². The van der Waals surface area contributed by atoms with Gasteiger partial charge in [-0.25, -0.2) is 0 Å². The fourth-order valence-electron chi connectivity index (χ4n) is 14.5. The third-order valence-corrected chi connectivity index (χ3v) is 17.0. The van der Waals surface area contributed by atoms with Gasteiger partial charge in [-0.2, -0.15) is 0 Å². The van der Waals surface area contributed by atoms with Gasteiger partial charge in [0, 0.05) is 29.4 Å². The van der Waals surface area contributed by atoms with E-state index in [-0.39, 0.29) is 0 Å². The first-order valence-electron chi connectivity index (χ1n) is 23.6.